The number of aromatic hydroxyl groups is 1. The number of rotatable bonds is 11. The van der Waals surface area contributed by atoms with Crippen molar-refractivity contribution >= 4 is 17.6 Å². The van der Waals surface area contributed by atoms with E-state index in [9.17, 15) is 19.8 Å². The fraction of sp³-hybridized carbons (Fsp3) is 0.333. The Balaban J connectivity index is 1.85. The van der Waals surface area contributed by atoms with Gasteiger partial charge in [-0.3, -0.25) is 9.59 Å². The molecule has 1 aromatic carbocycles. The first-order valence-corrected chi connectivity index (χ1v) is 9.83. The van der Waals surface area contributed by atoms with Gasteiger partial charge < -0.3 is 19.7 Å². The highest BCUT2D eigenvalue weighted by molar-refractivity contribution is 6.09. The van der Waals surface area contributed by atoms with Crippen LogP contribution in [0.2, 0.25) is 0 Å². The van der Waals surface area contributed by atoms with Crippen LogP contribution in [0.3, 0.4) is 0 Å². The lowest BCUT2D eigenvalue weighted by molar-refractivity contribution is -0.121. The molecule has 2 N–H and O–H groups in total. The Bertz CT molecular complexity index is 849. The van der Waals surface area contributed by atoms with Crippen molar-refractivity contribution in [2.75, 3.05) is 13.7 Å². The minimum atomic E-state index is -0.379. The maximum Gasteiger partial charge on any atom is 0.163 e. The summed E-state index contributed by atoms with van der Waals surface area (Å²) in [6.07, 6.45) is 10.9. The number of carbonyl (C=O) groups excluding carboxylic acids is 2. The Kier molecular flexibility index (Phi) is 9.09. The third-order valence-corrected chi connectivity index (χ3v) is 4.69. The maximum atomic E-state index is 12.1. The summed E-state index contributed by atoms with van der Waals surface area (Å²) in [6.45, 7) is 4.12. The average Bonchev–Trinajstić information content (AvgIpc) is 2.73. The van der Waals surface area contributed by atoms with Gasteiger partial charge in [-0.25, -0.2) is 0 Å². The summed E-state index contributed by atoms with van der Waals surface area (Å²) in [6, 6.07) is 4.71. The summed E-state index contributed by atoms with van der Waals surface area (Å²) in [7, 11) is 1.44. The van der Waals surface area contributed by atoms with Crippen molar-refractivity contribution in [3.05, 3.63) is 66.5 Å². The molecule has 0 bridgehead atoms. The van der Waals surface area contributed by atoms with Crippen molar-refractivity contribution in [2.45, 2.75) is 31.8 Å². The summed E-state index contributed by atoms with van der Waals surface area (Å²) < 4.78 is 10.7. The van der Waals surface area contributed by atoms with E-state index in [0.717, 1.165) is 0 Å². The minimum absolute atomic E-state index is 0.0144. The summed E-state index contributed by atoms with van der Waals surface area (Å²) in [5.74, 6) is 0.0118. The van der Waals surface area contributed by atoms with E-state index in [4.69, 9.17) is 9.47 Å². The molecular weight excluding hydrogens is 384 g/mol. The molecule has 0 saturated carbocycles. The molecule has 0 aliphatic heterocycles. The lowest BCUT2D eigenvalue weighted by atomic mass is 9.90. The molecule has 6 nitrogen and oxygen atoms in total. The Hall–Kier alpha value is -3.12. The Morgan fingerprint density at radius 3 is 2.73 bits per heavy atom. The number of phenolic OH excluding ortho intramolecular Hbond substituents is 1. The summed E-state index contributed by atoms with van der Waals surface area (Å²) in [5.41, 5.74) is 0.678. The highest BCUT2D eigenvalue weighted by atomic mass is 16.5. The molecule has 0 heterocycles. The quantitative estimate of drug-likeness (QED) is 0.243. The number of aliphatic hydroxyl groups excluding tert-OH is 1. The van der Waals surface area contributed by atoms with Crippen molar-refractivity contribution in [1.29, 1.82) is 0 Å². The van der Waals surface area contributed by atoms with E-state index in [0.29, 0.717) is 37.2 Å². The lowest BCUT2D eigenvalue weighted by Gasteiger charge is -2.25. The van der Waals surface area contributed by atoms with E-state index in [-0.39, 0.29) is 41.5 Å². The van der Waals surface area contributed by atoms with Crippen LogP contribution in [0.1, 0.15) is 31.2 Å². The van der Waals surface area contributed by atoms with Gasteiger partial charge in [-0.15, -0.1) is 6.58 Å². The second-order valence-corrected chi connectivity index (χ2v) is 7.03. The van der Waals surface area contributed by atoms with Crippen LogP contribution >= 0.6 is 0 Å². The van der Waals surface area contributed by atoms with Crippen LogP contribution in [0.15, 0.2) is 60.9 Å². The van der Waals surface area contributed by atoms with E-state index < -0.39 is 0 Å². The molecule has 2 unspecified atom stereocenters. The number of phenols is 1. The van der Waals surface area contributed by atoms with E-state index in [2.05, 4.69) is 6.58 Å². The van der Waals surface area contributed by atoms with Crippen LogP contribution < -0.4 is 4.74 Å². The first kappa shape index (κ1) is 23.2. The molecule has 0 aromatic heterocycles. The zero-order chi connectivity index (χ0) is 21.9. The normalized spacial score (nSPS) is 19.0. The Morgan fingerprint density at radius 1 is 1.23 bits per heavy atom. The number of ketones is 2. The second-order valence-electron chi connectivity index (χ2n) is 7.03. The van der Waals surface area contributed by atoms with Gasteiger partial charge in [0.1, 0.15) is 11.9 Å². The van der Waals surface area contributed by atoms with Crippen LogP contribution in [0.4, 0.5) is 0 Å². The number of ether oxygens (including phenoxy) is 2. The predicted molar refractivity (Wildman–Crippen MR) is 115 cm³/mol. The second kappa shape index (κ2) is 11.8. The van der Waals surface area contributed by atoms with Gasteiger partial charge in [0.15, 0.2) is 23.1 Å². The standard InChI is InChI=1S/C24H28O6/c1-3-4-13-30-24-15-18(8-12-22(24)28)6-10-20(26)16-19(25)9-5-17-7-11-21(27)23(14-17)29-2/h3,5-7,9-12,14,18,24,27-28H,1,4,8,13,15-16H2,2H3. The van der Waals surface area contributed by atoms with Crippen molar-refractivity contribution in [3.63, 3.8) is 0 Å². The molecule has 6 heteroatoms. The summed E-state index contributed by atoms with van der Waals surface area (Å²) in [4.78, 5) is 24.2. The number of benzene rings is 1. The molecule has 2 rings (SSSR count). The largest absolute Gasteiger partial charge is 0.510 e. The third kappa shape index (κ3) is 7.37. The highest BCUT2D eigenvalue weighted by Crippen LogP contribution is 2.27. The molecule has 160 valence electrons. The topological polar surface area (TPSA) is 93.1 Å². The van der Waals surface area contributed by atoms with Gasteiger partial charge in [0, 0.05) is 0 Å². The average molecular weight is 412 g/mol. The van der Waals surface area contributed by atoms with Gasteiger partial charge in [0.25, 0.3) is 0 Å². The van der Waals surface area contributed by atoms with E-state index in [1.807, 2.05) is 0 Å². The third-order valence-electron chi connectivity index (χ3n) is 4.69. The van der Waals surface area contributed by atoms with E-state index in [1.165, 1.54) is 25.3 Å². The predicted octanol–water partition coefficient (Wildman–Crippen LogP) is 4.31. The van der Waals surface area contributed by atoms with E-state index >= 15 is 0 Å². The fourth-order valence-corrected chi connectivity index (χ4v) is 3.02. The number of methoxy groups -OCH3 is 1. The van der Waals surface area contributed by atoms with Gasteiger partial charge in [-0.05, 0) is 61.1 Å². The van der Waals surface area contributed by atoms with Crippen LogP contribution in [0.5, 0.6) is 11.5 Å². The number of allylic oxidation sites excluding steroid dienone is 4. The first-order chi connectivity index (χ1) is 14.4. The zero-order valence-electron chi connectivity index (χ0n) is 17.1. The Morgan fingerprint density at radius 2 is 2.00 bits per heavy atom. The molecule has 0 saturated heterocycles. The van der Waals surface area contributed by atoms with Crippen LogP contribution in [-0.2, 0) is 14.3 Å². The molecule has 0 fully saturated rings. The first-order valence-electron chi connectivity index (χ1n) is 9.83. The molecule has 0 amide bonds. The molecular formula is C24H28O6. The van der Waals surface area contributed by atoms with Crippen LogP contribution in [0.25, 0.3) is 6.08 Å². The lowest BCUT2D eigenvalue weighted by Crippen LogP contribution is -2.23. The van der Waals surface area contributed by atoms with Gasteiger partial charge >= 0.3 is 0 Å². The van der Waals surface area contributed by atoms with Crippen LogP contribution in [-0.4, -0.2) is 41.6 Å². The molecule has 30 heavy (non-hydrogen) atoms. The number of hydrogen-bond donors (Lipinski definition) is 2. The van der Waals surface area contributed by atoms with Crippen LogP contribution in [0, 0.1) is 5.92 Å². The SMILES string of the molecule is C=CCCOC1CC(C=CC(=O)CC(=O)C=Cc2ccc(O)c(OC)c2)CC=C1O. The number of hydrogen-bond acceptors (Lipinski definition) is 6. The number of aliphatic hydroxyl groups is 1. The van der Waals surface area contributed by atoms with Crippen molar-refractivity contribution in [3.8, 4) is 11.5 Å². The maximum absolute atomic E-state index is 12.1. The van der Waals surface area contributed by atoms with Gasteiger partial charge in [-0.2, -0.15) is 0 Å². The number of carbonyl (C=O) groups is 2. The van der Waals surface area contributed by atoms with Crippen molar-refractivity contribution < 1.29 is 29.3 Å². The molecule has 0 spiro atoms. The van der Waals surface area contributed by atoms with Crippen molar-refractivity contribution in [1.82, 2.24) is 0 Å². The molecule has 2 atom stereocenters. The molecule has 1 aliphatic rings. The van der Waals surface area contributed by atoms with Gasteiger partial charge in [0.05, 0.1) is 20.1 Å². The summed E-state index contributed by atoms with van der Waals surface area (Å²) in [5, 5.41) is 19.5. The molecule has 1 aromatic rings. The molecule has 1 aliphatic carbocycles. The van der Waals surface area contributed by atoms with Gasteiger partial charge in [-0.1, -0.05) is 24.3 Å². The van der Waals surface area contributed by atoms with Crippen molar-refractivity contribution in [2.24, 2.45) is 5.92 Å². The minimum Gasteiger partial charge on any atom is -0.510 e. The summed E-state index contributed by atoms with van der Waals surface area (Å²) >= 11 is 0. The Labute approximate surface area is 176 Å². The monoisotopic (exact) mass is 412 g/mol. The van der Waals surface area contributed by atoms with E-state index in [1.54, 1.807) is 36.4 Å². The molecule has 0 radical (unpaired) electrons. The fourth-order valence-electron chi connectivity index (χ4n) is 3.02. The van der Waals surface area contributed by atoms with Gasteiger partial charge in [0.2, 0.25) is 0 Å². The zero-order valence-corrected chi connectivity index (χ0v) is 17.1. The highest BCUT2D eigenvalue weighted by Gasteiger charge is 2.23. The smallest absolute Gasteiger partial charge is 0.163 e.